The molecule has 0 N–H and O–H groups in total. The Balaban J connectivity index is 2.17. The Labute approximate surface area is 119 Å². The summed E-state index contributed by atoms with van der Waals surface area (Å²) in [7, 11) is 0. The molecule has 3 nitrogen and oxygen atoms in total. The van der Waals surface area contributed by atoms with E-state index in [-0.39, 0.29) is 16.4 Å². The number of fused-ring (bicyclic) bond motifs is 1. The van der Waals surface area contributed by atoms with Crippen molar-refractivity contribution in [2.24, 2.45) is 0 Å². The number of para-hydroxylation sites is 2. The molecular formula is C15H8ClFN2O. The van der Waals surface area contributed by atoms with Gasteiger partial charge in [0.25, 0.3) is 0 Å². The van der Waals surface area contributed by atoms with Crippen molar-refractivity contribution in [2.45, 2.75) is 0 Å². The monoisotopic (exact) mass is 286 g/mol. The minimum atomic E-state index is -0.608. The maximum absolute atomic E-state index is 13.7. The van der Waals surface area contributed by atoms with Gasteiger partial charge in [-0.05, 0) is 24.3 Å². The molecule has 98 valence electrons. The number of hydrogen-bond acceptors (Lipinski definition) is 3. The first-order valence-electron chi connectivity index (χ1n) is 5.88. The lowest BCUT2D eigenvalue weighted by Gasteiger charge is -2.05. The SMILES string of the molecule is O=C(c1ccccc1F)c1nc2ccccc2nc1Cl. The van der Waals surface area contributed by atoms with Gasteiger partial charge in [-0.1, -0.05) is 35.9 Å². The fraction of sp³-hybridized carbons (Fsp3) is 0. The van der Waals surface area contributed by atoms with Gasteiger partial charge < -0.3 is 0 Å². The third kappa shape index (κ3) is 2.14. The zero-order valence-electron chi connectivity index (χ0n) is 10.2. The van der Waals surface area contributed by atoms with Crippen LogP contribution in [-0.4, -0.2) is 15.8 Å². The summed E-state index contributed by atoms with van der Waals surface area (Å²) < 4.78 is 13.7. The molecule has 0 aliphatic carbocycles. The molecule has 3 aromatic rings. The first kappa shape index (κ1) is 12.7. The van der Waals surface area contributed by atoms with Gasteiger partial charge in [-0.3, -0.25) is 4.79 Å². The zero-order valence-corrected chi connectivity index (χ0v) is 10.9. The van der Waals surface area contributed by atoms with E-state index >= 15 is 0 Å². The van der Waals surface area contributed by atoms with Crippen LogP contribution in [0.5, 0.6) is 0 Å². The molecule has 0 unspecified atom stereocenters. The van der Waals surface area contributed by atoms with Crippen molar-refractivity contribution >= 4 is 28.4 Å². The molecule has 0 fully saturated rings. The van der Waals surface area contributed by atoms with Crippen LogP contribution in [0.2, 0.25) is 5.15 Å². The molecule has 20 heavy (non-hydrogen) atoms. The lowest BCUT2D eigenvalue weighted by Crippen LogP contribution is -2.08. The zero-order chi connectivity index (χ0) is 14.1. The van der Waals surface area contributed by atoms with Crippen molar-refractivity contribution in [1.29, 1.82) is 0 Å². The lowest BCUT2D eigenvalue weighted by atomic mass is 10.1. The van der Waals surface area contributed by atoms with Gasteiger partial charge >= 0.3 is 0 Å². The normalized spacial score (nSPS) is 10.7. The third-order valence-electron chi connectivity index (χ3n) is 2.86. The van der Waals surface area contributed by atoms with Gasteiger partial charge in [-0.25, -0.2) is 14.4 Å². The number of rotatable bonds is 2. The standard InChI is InChI=1S/C15H8ClFN2O/c16-15-13(14(20)9-5-1-2-6-10(9)17)18-11-7-3-4-8-12(11)19-15/h1-8H. The first-order valence-corrected chi connectivity index (χ1v) is 6.26. The summed E-state index contributed by atoms with van der Waals surface area (Å²) in [4.78, 5) is 20.6. The molecule has 0 aliphatic heterocycles. The van der Waals surface area contributed by atoms with Gasteiger partial charge in [0, 0.05) is 0 Å². The van der Waals surface area contributed by atoms with E-state index in [4.69, 9.17) is 11.6 Å². The Morgan fingerprint density at radius 3 is 2.25 bits per heavy atom. The fourth-order valence-corrected chi connectivity index (χ4v) is 2.12. The van der Waals surface area contributed by atoms with Crippen LogP contribution in [0.25, 0.3) is 11.0 Å². The predicted molar refractivity (Wildman–Crippen MR) is 74.4 cm³/mol. The second-order valence-electron chi connectivity index (χ2n) is 4.16. The molecule has 5 heteroatoms. The number of ketones is 1. The van der Waals surface area contributed by atoms with Crippen molar-refractivity contribution in [3.63, 3.8) is 0 Å². The van der Waals surface area contributed by atoms with Crippen molar-refractivity contribution in [2.75, 3.05) is 0 Å². The van der Waals surface area contributed by atoms with Crippen LogP contribution in [0.4, 0.5) is 4.39 Å². The molecule has 0 saturated carbocycles. The van der Waals surface area contributed by atoms with E-state index in [0.29, 0.717) is 11.0 Å². The van der Waals surface area contributed by atoms with Crippen molar-refractivity contribution in [3.05, 3.63) is 70.8 Å². The molecule has 0 saturated heterocycles. The summed E-state index contributed by atoms with van der Waals surface area (Å²) in [6, 6.07) is 12.7. The average molecular weight is 287 g/mol. The molecule has 0 amide bonds. The molecule has 2 aromatic carbocycles. The highest BCUT2D eigenvalue weighted by Gasteiger charge is 2.19. The summed E-state index contributed by atoms with van der Waals surface area (Å²) in [5.41, 5.74) is 1.01. The molecular weight excluding hydrogens is 279 g/mol. The molecule has 0 radical (unpaired) electrons. The number of benzene rings is 2. The van der Waals surface area contributed by atoms with E-state index in [2.05, 4.69) is 9.97 Å². The number of carbonyl (C=O) groups excluding carboxylic acids is 1. The smallest absolute Gasteiger partial charge is 0.217 e. The van der Waals surface area contributed by atoms with Crippen molar-refractivity contribution in [3.8, 4) is 0 Å². The Morgan fingerprint density at radius 2 is 1.55 bits per heavy atom. The summed E-state index contributed by atoms with van der Waals surface area (Å²) in [6.07, 6.45) is 0. The van der Waals surface area contributed by atoms with E-state index < -0.39 is 11.6 Å². The van der Waals surface area contributed by atoms with Crippen LogP contribution in [0.15, 0.2) is 48.5 Å². The maximum atomic E-state index is 13.7. The van der Waals surface area contributed by atoms with Gasteiger partial charge in [0.2, 0.25) is 5.78 Å². The van der Waals surface area contributed by atoms with Crippen LogP contribution in [-0.2, 0) is 0 Å². The number of nitrogens with zero attached hydrogens (tertiary/aromatic N) is 2. The second kappa shape index (κ2) is 4.98. The van der Waals surface area contributed by atoms with Gasteiger partial charge in [-0.15, -0.1) is 0 Å². The van der Waals surface area contributed by atoms with Crippen LogP contribution in [0, 0.1) is 5.82 Å². The van der Waals surface area contributed by atoms with Gasteiger partial charge in [0.1, 0.15) is 11.5 Å². The highest BCUT2D eigenvalue weighted by atomic mass is 35.5. The van der Waals surface area contributed by atoms with E-state index in [1.807, 2.05) is 0 Å². The lowest BCUT2D eigenvalue weighted by molar-refractivity contribution is 0.103. The Hall–Kier alpha value is -2.33. The highest BCUT2D eigenvalue weighted by molar-refractivity contribution is 6.33. The van der Waals surface area contributed by atoms with Crippen molar-refractivity contribution in [1.82, 2.24) is 9.97 Å². The van der Waals surface area contributed by atoms with E-state index in [0.717, 1.165) is 0 Å². The average Bonchev–Trinajstić information content (AvgIpc) is 2.46. The van der Waals surface area contributed by atoms with Crippen LogP contribution in [0.3, 0.4) is 0 Å². The van der Waals surface area contributed by atoms with Gasteiger partial charge in [0.05, 0.1) is 16.6 Å². The molecule has 0 aliphatic rings. The number of hydrogen-bond donors (Lipinski definition) is 0. The molecule has 1 heterocycles. The van der Waals surface area contributed by atoms with E-state index in [9.17, 15) is 9.18 Å². The quantitative estimate of drug-likeness (QED) is 0.675. The van der Waals surface area contributed by atoms with Gasteiger partial charge in [0.15, 0.2) is 5.15 Å². The first-order chi connectivity index (χ1) is 9.66. The van der Waals surface area contributed by atoms with Crippen LogP contribution >= 0.6 is 11.6 Å². The molecule has 0 spiro atoms. The van der Waals surface area contributed by atoms with Gasteiger partial charge in [-0.2, -0.15) is 0 Å². The second-order valence-corrected chi connectivity index (χ2v) is 4.52. The van der Waals surface area contributed by atoms with Crippen LogP contribution < -0.4 is 0 Å². The summed E-state index contributed by atoms with van der Waals surface area (Å²) in [5, 5.41) is -0.0306. The minimum Gasteiger partial charge on any atom is -0.287 e. The molecule has 1 aromatic heterocycles. The number of aromatic nitrogens is 2. The largest absolute Gasteiger partial charge is 0.287 e. The molecule has 0 bridgehead atoms. The fourth-order valence-electron chi connectivity index (χ4n) is 1.90. The topological polar surface area (TPSA) is 42.9 Å². The minimum absolute atomic E-state index is 0.0306. The third-order valence-corrected chi connectivity index (χ3v) is 3.13. The summed E-state index contributed by atoms with van der Waals surface area (Å²) in [6.45, 7) is 0. The molecule has 3 rings (SSSR count). The summed E-state index contributed by atoms with van der Waals surface area (Å²) >= 11 is 5.98. The predicted octanol–water partition coefficient (Wildman–Crippen LogP) is 3.65. The Kier molecular flexibility index (Phi) is 3.16. The highest BCUT2D eigenvalue weighted by Crippen LogP contribution is 2.20. The van der Waals surface area contributed by atoms with E-state index in [1.54, 1.807) is 30.3 Å². The summed E-state index contributed by atoms with van der Waals surface area (Å²) in [5.74, 6) is -1.19. The maximum Gasteiger partial charge on any atom is 0.217 e. The Bertz CT molecular complexity index is 820. The molecule has 0 atom stereocenters. The number of halogens is 2. The number of carbonyl (C=O) groups is 1. The van der Waals surface area contributed by atoms with Crippen molar-refractivity contribution < 1.29 is 9.18 Å². The van der Waals surface area contributed by atoms with E-state index in [1.165, 1.54) is 18.2 Å². The van der Waals surface area contributed by atoms with Crippen LogP contribution in [0.1, 0.15) is 16.1 Å². The Morgan fingerprint density at radius 1 is 0.950 bits per heavy atom.